The van der Waals surface area contributed by atoms with Gasteiger partial charge in [0.1, 0.15) is 6.04 Å². The second-order valence-electron chi connectivity index (χ2n) is 5.88. The minimum absolute atomic E-state index is 0.0886. The number of anilines is 1. The van der Waals surface area contributed by atoms with E-state index in [4.69, 9.17) is 10.5 Å². The van der Waals surface area contributed by atoms with Gasteiger partial charge in [-0.1, -0.05) is 6.07 Å². The van der Waals surface area contributed by atoms with E-state index in [2.05, 4.69) is 10.6 Å². The quantitative estimate of drug-likeness (QED) is 0.563. The normalized spacial score (nSPS) is 16.5. The monoisotopic (exact) mass is 416 g/mol. The van der Waals surface area contributed by atoms with Crippen molar-refractivity contribution in [1.82, 2.24) is 9.62 Å². The van der Waals surface area contributed by atoms with Crippen molar-refractivity contribution < 1.29 is 22.7 Å². The Balaban J connectivity index is 2.13. The summed E-state index contributed by atoms with van der Waals surface area (Å²) in [5, 5.41) is 5.05. The van der Waals surface area contributed by atoms with Crippen molar-refractivity contribution >= 4 is 39.4 Å². The lowest BCUT2D eigenvalue weighted by molar-refractivity contribution is -0.117. The van der Waals surface area contributed by atoms with E-state index in [-0.39, 0.29) is 18.0 Å². The Morgan fingerprint density at radius 1 is 1.33 bits per heavy atom. The summed E-state index contributed by atoms with van der Waals surface area (Å²) in [7, 11) is -3.66. The summed E-state index contributed by atoms with van der Waals surface area (Å²) in [5.41, 5.74) is 5.46. The first kappa shape index (κ1) is 21.5. The lowest BCUT2D eigenvalue weighted by atomic mass is 10.2. The second-order valence-corrected chi connectivity index (χ2v) is 8.80. The van der Waals surface area contributed by atoms with Crippen LogP contribution in [-0.2, 0) is 19.6 Å². The smallest absolute Gasteiger partial charge is 0.312 e. The van der Waals surface area contributed by atoms with E-state index in [0.717, 1.165) is 0 Å². The Kier molecular flexibility index (Phi) is 7.90. The summed E-state index contributed by atoms with van der Waals surface area (Å²) in [6, 6.07) is 4.44. The van der Waals surface area contributed by atoms with Crippen molar-refractivity contribution in [2.75, 3.05) is 43.6 Å². The molecule has 0 saturated carbocycles. The summed E-state index contributed by atoms with van der Waals surface area (Å²) < 4.78 is 32.0. The van der Waals surface area contributed by atoms with Gasteiger partial charge in [-0.2, -0.15) is 16.1 Å². The molecule has 1 aromatic carbocycles. The zero-order chi connectivity index (χ0) is 19.9. The van der Waals surface area contributed by atoms with Crippen molar-refractivity contribution in [3.8, 4) is 0 Å². The molecule has 0 aliphatic carbocycles. The van der Waals surface area contributed by atoms with Gasteiger partial charge in [0.2, 0.25) is 15.9 Å². The highest BCUT2D eigenvalue weighted by molar-refractivity contribution is 7.98. The molecule has 1 fully saturated rings. The molecule has 1 aliphatic heterocycles. The van der Waals surface area contributed by atoms with Gasteiger partial charge in [-0.3, -0.25) is 4.79 Å². The van der Waals surface area contributed by atoms with E-state index in [0.29, 0.717) is 31.1 Å². The fourth-order valence-corrected chi connectivity index (χ4v) is 4.50. The zero-order valence-electron chi connectivity index (χ0n) is 15.0. The predicted molar refractivity (Wildman–Crippen MR) is 104 cm³/mol. The number of morpholine rings is 1. The van der Waals surface area contributed by atoms with Gasteiger partial charge < -0.3 is 21.1 Å². The lowest BCUT2D eigenvalue weighted by Gasteiger charge is -2.26. The largest absolute Gasteiger partial charge is 0.379 e. The highest BCUT2D eigenvalue weighted by atomic mass is 32.2. The summed E-state index contributed by atoms with van der Waals surface area (Å²) in [6.45, 7) is 1.29. The molecule has 0 spiro atoms. The molecular weight excluding hydrogens is 392 g/mol. The van der Waals surface area contributed by atoms with Crippen molar-refractivity contribution in [2.45, 2.75) is 17.4 Å². The van der Waals surface area contributed by atoms with Crippen molar-refractivity contribution in [3.63, 3.8) is 0 Å². The molecule has 27 heavy (non-hydrogen) atoms. The summed E-state index contributed by atoms with van der Waals surface area (Å²) in [5.74, 6) is 0.202. The first-order valence-corrected chi connectivity index (χ1v) is 11.2. The number of carbonyl (C=O) groups is 2. The summed E-state index contributed by atoms with van der Waals surface area (Å²) >= 11 is 1.54. The molecule has 1 saturated heterocycles. The Hall–Kier alpha value is -1.82. The van der Waals surface area contributed by atoms with Crippen LogP contribution in [0.15, 0.2) is 29.2 Å². The molecule has 1 heterocycles. The van der Waals surface area contributed by atoms with E-state index in [1.54, 1.807) is 12.1 Å². The molecule has 2 rings (SSSR count). The number of thioether (sulfide) groups is 1. The van der Waals surface area contributed by atoms with Crippen LogP contribution in [0.4, 0.5) is 10.5 Å². The van der Waals surface area contributed by atoms with Crippen molar-refractivity contribution in [1.29, 1.82) is 0 Å². The molecule has 4 N–H and O–H groups in total. The van der Waals surface area contributed by atoms with Crippen LogP contribution in [0.5, 0.6) is 0 Å². The minimum Gasteiger partial charge on any atom is -0.379 e. The molecule has 1 aliphatic rings. The Labute approximate surface area is 163 Å². The van der Waals surface area contributed by atoms with Gasteiger partial charge in [0.15, 0.2) is 0 Å². The molecule has 0 aromatic heterocycles. The van der Waals surface area contributed by atoms with Crippen LogP contribution in [0.2, 0.25) is 0 Å². The van der Waals surface area contributed by atoms with E-state index in [1.165, 1.54) is 28.2 Å². The molecule has 0 bridgehead atoms. The minimum atomic E-state index is -3.66. The zero-order valence-corrected chi connectivity index (χ0v) is 16.6. The third-order valence-electron chi connectivity index (χ3n) is 3.95. The number of sulfonamides is 1. The van der Waals surface area contributed by atoms with Crippen molar-refractivity contribution in [3.05, 3.63) is 24.3 Å². The Bertz CT molecular complexity index is 766. The maximum absolute atomic E-state index is 12.7. The summed E-state index contributed by atoms with van der Waals surface area (Å²) in [4.78, 5) is 23.7. The molecule has 0 unspecified atom stereocenters. The Morgan fingerprint density at radius 2 is 2.04 bits per heavy atom. The standard InChI is InChI=1S/C16H24N4O5S2/c1-26-10-5-14(19-16(17)22)15(21)18-12-3-2-4-13(11-12)27(23,24)20-6-8-25-9-7-20/h2-4,11,14H,5-10H2,1H3,(H,18,21)(H3,17,19,22)/t14-/m0/s1. The van der Waals surface area contributed by atoms with E-state index in [1.807, 2.05) is 6.26 Å². The van der Waals surface area contributed by atoms with Gasteiger partial charge in [-0.15, -0.1) is 0 Å². The van der Waals surface area contributed by atoms with Crippen LogP contribution in [0, 0.1) is 0 Å². The first-order valence-electron chi connectivity index (χ1n) is 8.38. The third kappa shape index (κ3) is 6.09. The van der Waals surface area contributed by atoms with Crippen molar-refractivity contribution in [2.24, 2.45) is 5.73 Å². The van der Waals surface area contributed by atoms with Gasteiger partial charge in [0.05, 0.1) is 18.1 Å². The highest BCUT2D eigenvalue weighted by Gasteiger charge is 2.27. The van der Waals surface area contributed by atoms with Crippen LogP contribution < -0.4 is 16.4 Å². The summed E-state index contributed by atoms with van der Waals surface area (Å²) in [6.07, 6.45) is 2.29. The van der Waals surface area contributed by atoms with Gasteiger partial charge in [0, 0.05) is 18.8 Å². The van der Waals surface area contributed by atoms with Crippen LogP contribution in [0.1, 0.15) is 6.42 Å². The van der Waals surface area contributed by atoms with Gasteiger partial charge in [-0.25, -0.2) is 13.2 Å². The number of rotatable bonds is 8. The number of hydrogen-bond donors (Lipinski definition) is 3. The van der Waals surface area contributed by atoms with E-state index < -0.39 is 28.0 Å². The molecular formula is C16H24N4O5S2. The number of primary amides is 1. The fraction of sp³-hybridized carbons (Fsp3) is 0.500. The van der Waals surface area contributed by atoms with Crippen LogP contribution in [0.25, 0.3) is 0 Å². The van der Waals surface area contributed by atoms with E-state index in [9.17, 15) is 18.0 Å². The highest BCUT2D eigenvalue weighted by Crippen LogP contribution is 2.21. The number of hydrogen-bond acceptors (Lipinski definition) is 6. The average molecular weight is 417 g/mol. The first-order chi connectivity index (χ1) is 12.8. The fourth-order valence-electron chi connectivity index (χ4n) is 2.58. The number of carbonyl (C=O) groups excluding carboxylic acids is 2. The van der Waals surface area contributed by atoms with Gasteiger partial charge in [0.25, 0.3) is 0 Å². The third-order valence-corrected chi connectivity index (χ3v) is 6.49. The molecule has 1 atom stereocenters. The molecule has 3 amide bonds. The predicted octanol–water partition coefficient (Wildman–Crippen LogP) is 0.436. The molecule has 9 nitrogen and oxygen atoms in total. The lowest BCUT2D eigenvalue weighted by Crippen LogP contribution is -2.46. The van der Waals surface area contributed by atoms with Gasteiger partial charge in [-0.05, 0) is 36.6 Å². The van der Waals surface area contributed by atoms with Crippen LogP contribution in [0.3, 0.4) is 0 Å². The average Bonchev–Trinajstić information content (AvgIpc) is 2.65. The SMILES string of the molecule is CSCC[C@H](NC(N)=O)C(=O)Nc1cccc(S(=O)(=O)N2CCOCC2)c1. The second kappa shape index (κ2) is 9.93. The number of nitrogens with one attached hydrogen (secondary N) is 2. The van der Waals surface area contributed by atoms with E-state index >= 15 is 0 Å². The van der Waals surface area contributed by atoms with Gasteiger partial charge >= 0.3 is 6.03 Å². The Morgan fingerprint density at radius 3 is 2.67 bits per heavy atom. The number of amides is 3. The van der Waals surface area contributed by atoms with Crippen LogP contribution >= 0.6 is 11.8 Å². The molecule has 11 heteroatoms. The number of ether oxygens (including phenoxy) is 1. The van der Waals surface area contributed by atoms with Crippen LogP contribution in [-0.4, -0.2) is 69.0 Å². The molecule has 150 valence electrons. The number of urea groups is 1. The number of nitrogens with zero attached hydrogens (tertiary/aromatic N) is 1. The maximum atomic E-state index is 12.7. The topological polar surface area (TPSA) is 131 Å². The maximum Gasteiger partial charge on any atom is 0.312 e. The number of nitrogens with two attached hydrogens (primary N) is 1. The molecule has 1 aromatic rings. The number of benzene rings is 1. The molecule has 0 radical (unpaired) electrons.